The van der Waals surface area contributed by atoms with Crippen molar-refractivity contribution in [2.75, 3.05) is 6.54 Å². The highest BCUT2D eigenvalue weighted by Crippen LogP contribution is 2.18. The maximum absolute atomic E-state index is 5.36. The van der Waals surface area contributed by atoms with Gasteiger partial charge in [-0.15, -0.1) is 11.3 Å². The molecular formula is C8H11NS. The summed E-state index contributed by atoms with van der Waals surface area (Å²) in [5.41, 5.74) is 6.64. The van der Waals surface area contributed by atoms with E-state index in [4.69, 9.17) is 5.73 Å². The van der Waals surface area contributed by atoms with Gasteiger partial charge in [0, 0.05) is 11.4 Å². The van der Waals surface area contributed by atoms with Crippen LogP contribution in [0.3, 0.4) is 0 Å². The Balaban J connectivity index is 2.77. The first kappa shape index (κ1) is 7.51. The number of rotatable bonds is 2. The molecule has 0 fully saturated rings. The summed E-state index contributed by atoms with van der Waals surface area (Å²) in [7, 11) is 0. The van der Waals surface area contributed by atoms with Crippen molar-refractivity contribution in [1.82, 2.24) is 0 Å². The first-order chi connectivity index (χ1) is 4.84. The lowest BCUT2D eigenvalue weighted by molar-refractivity contribution is 1.25. The molecule has 0 aliphatic carbocycles. The van der Waals surface area contributed by atoms with Crippen molar-refractivity contribution in [1.29, 1.82) is 0 Å². The van der Waals surface area contributed by atoms with Crippen LogP contribution in [0.15, 0.2) is 23.6 Å². The molecule has 0 aromatic carbocycles. The van der Waals surface area contributed by atoms with Gasteiger partial charge in [0.05, 0.1) is 0 Å². The third-order valence-electron chi connectivity index (χ3n) is 1.33. The van der Waals surface area contributed by atoms with Crippen molar-refractivity contribution in [2.24, 2.45) is 5.73 Å². The van der Waals surface area contributed by atoms with Crippen LogP contribution in [0, 0.1) is 0 Å². The van der Waals surface area contributed by atoms with Gasteiger partial charge in [-0.3, -0.25) is 0 Å². The average molecular weight is 153 g/mol. The molecule has 1 nitrogen and oxygen atoms in total. The van der Waals surface area contributed by atoms with Crippen LogP contribution in [0.2, 0.25) is 0 Å². The highest BCUT2D eigenvalue weighted by Gasteiger charge is 1.92. The molecule has 1 aromatic heterocycles. The SMILES string of the molecule is C/C(=C\CN)c1cccs1. The van der Waals surface area contributed by atoms with Crippen LogP contribution >= 0.6 is 11.3 Å². The summed E-state index contributed by atoms with van der Waals surface area (Å²) in [5.74, 6) is 0. The summed E-state index contributed by atoms with van der Waals surface area (Å²) in [5, 5.41) is 2.07. The van der Waals surface area contributed by atoms with Gasteiger partial charge in [-0.2, -0.15) is 0 Å². The minimum Gasteiger partial charge on any atom is -0.327 e. The number of thiophene rings is 1. The maximum Gasteiger partial charge on any atom is 0.0296 e. The fraction of sp³-hybridized carbons (Fsp3) is 0.250. The highest BCUT2D eigenvalue weighted by molar-refractivity contribution is 7.11. The van der Waals surface area contributed by atoms with Crippen LogP contribution < -0.4 is 5.73 Å². The molecule has 0 spiro atoms. The molecule has 10 heavy (non-hydrogen) atoms. The molecule has 0 saturated heterocycles. The molecule has 0 amide bonds. The third kappa shape index (κ3) is 1.69. The van der Waals surface area contributed by atoms with Crippen molar-refractivity contribution in [3.8, 4) is 0 Å². The van der Waals surface area contributed by atoms with E-state index in [-0.39, 0.29) is 0 Å². The van der Waals surface area contributed by atoms with E-state index >= 15 is 0 Å². The second-order valence-electron chi connectivity index (χ2n) is 2.10. The van der Waals surface area contributed by atoms with Crippen molar-refractivity contribution >= 4 is 16.9 Å². The molecular weight excluding hydrogens is 142 g/mol. The molecule has 0 unspecified atom stereocenters. The number of hydrogen-bond acceptors (Lipinski definition) is 2. The Kier molecular flexibility index (Phi) is 2.66. The summed E-state index contributed by atoms with van der Waals surface area (Å²) in [4.78, 5) is 1.31. The first-order valence-electron chi connectivity index (χ1n) is 3.25. The Hall–Kier alpha value is -0.600. The van der Waals surface area contributed by atoms with E-state index in [1.807, 2.05) is 12.1 Å². The van der Waals surface area contributed by atoms with Crippen LogP contribution in [0.4, 0.5) is 0 Å². The van der Waals surface area contributed by atoms with Crippen molar-refractivity contribution < 1.29 is 0 Å². The lowest BCUT2D eigenvalue weighted by Crippen LogP contribution is -1.93. The Labute approximate surface area is 65.2 Å². The summed E-state index contributed by atoms with van der Waals surface area (Å²) >= 11 is 1.75. The molecule has 2 N–H and O–H groups in total. The predicted molar refractivity (Wildman–Crippen MR) is 47.0 cm³/mol. The molecule has 0 atom stereocenters. The monoisotopic (exact) mass is 153 g/mol. The van der Waals surface area contributed by atoms with Crippen LogP contribution in [-0.2, 0) is 0 Å². The number of hydrogen-bond donors (Lipinski definition) is 1. The second kappa shape index (κ2) is 3.54. The molecule has 0 saturated carbocycles. The molecule has 54 valence electrons. The average Bonchev–Trinajstić information content (AvgIpc) is 2.38. The smallest absolute Gasteiger partial charge is 0.0296 e. The van der Waals surface area contributed by atoms with Gasteiger partial charge in [0.25, 0.3) is 0 Å². The van der Waals surface area contributed by atoms with Gasteiger partial charge >= 0.3 is 0 Å². The summed E-state index contributed by atoms with van der Waals surface area (Å²) in [6.07, 6.45) is 2.03. The molecule has 0 bridgehead atoms. The molecule has 1 aromatic rings. The fourth-order valence-corrected chi connectivity index (χ4v) is 1.51. The molecule has 0 radical (unpaired) electrons. The second-order valence-corrected chi connectivity index (χ2v) is 3.05. The first-order valence-corrected chi connectivity index (χ1v) is 4.13. The largest absolute Gasteiger partial charge is 0.327 e. The summed E-state index contributed by atoms with van der Waals surface area (Å²) in [6, 6.07) is 4.15. The summed E-state index contributed by atoms with van der Waals surface area (Å²) in [6.45, 7) is 2.71. The summed E-state index contributed by atoms with van der Waals surface area (Å²) < 4.78 is 0. The zero-order chi connectivity index (χ0) is 7.40. The lowest BCUT2D eigenvalue weighted by Gasteiger charge is -1.92. The van der Waals surface area contributed by atoms with Gasteiger partial charge in [-0.05, 0) is 23.9 Å². The normalized spacial score (nSPS) is 12.0. The van der Waals surface area contributed by atoms with Gasteiger partial charge < -0.3 is 5.73 Å². The van der Waals surface area contributed by atoms with Crippen molar-refractivity contribution in [2.45, 2.75) is 6.92 Å². The number of allylic oxidation sites excluding steroid dienone is 1. The van der Waals surface area contributed by atoms with E-state index in [1.165, 1.54) is 10.5 Å². The van der Waals surface area contributed by atoms with E-state index < -0.39 is 0 Å². The van der Waals surface area contributed by atoms with Gasteiger partial charge in [0.15, 0.2) is 0 Å². The Morgan fingerprint density at radius 1 is 1.80 bits per heavy atom. The third-order valence-corrected chi connectivity index (χ3v) is 2.34. The van der Waals surface area contributed by atoms with Crippen LogP contribution in [-0.4, -0.2) is 6.54 Å². The molecule has 0 aliphatic rings. The maximum atomic E-state index is 5.36. The quantitative estimate of drug-likeness (QED) is 0.692. The van der Waals surface area contributed by atoms with E-state index in [0.29, 0.717) is 6.54 Å². The standard InChI is InChI=1S/C8H11NS/c1-7(4-5-9)8-3-2-6-10-8/h2-4,6H,5,9H2,1H3/b7-4+. The Morgan fingerprint density at radius 3 is 3.10 bits per heavy atom. The van der Waals surface area contributed by atoms with E-state index in [0.717, 1.165) is 0 Å². The Morgan fingerprint density at radius 2 is 2.60 bits per heavy atom. The van der Waals surface area contributed by atoms with Gasteiger partial charge in [-0.25, -0.2) is 0 Å². The predicted octanol–water partition coefficient (Wildman–Crippen LogP) is 2.11. The fourth-order valence-electron chi connectivity index (χ4n) is 0.780. The topological polar surface area (TPSA) is 26.0 Å². The lowest BCUT2D eigenvalue weighted by atomic mass is 10.2. The van der Waals surface area contributed by atoms with Gasteiger partial charge in [0.2, 0.25) is 0 Å². The zero-order valence-corrected chi connectivity index (χ0v) is 6.82. The van der Waals surface area contributed by atoms with Crippen LogP contribution in [0.1, 0.15) is 11.8 Å². The Bertz CT molecular complexity index is 211. The van der Waals surface area contributed by atoms with Crippen LogP contribution in [0.5, 0.6) is 0 Å². The van der Waals surface area contributed by atoms with Crippen molar-refractivity contribution in [3.63, 3.8) is 0 Å². The van der Waals surface area contributed by atoms with Gasteiger partial charge in [-0.1, -0.05) is 12.1 Å². The molecule has 2 heteroatoms. The number of nitrogens with two attached hydrogens (primary N) is 1. The van der Waals surface area contributed by atoms with E-state index in [2.05, 4.69) is 18.4 Å². The molecule has 1 heterocycles. The molecule has 0 aliphatic heterocycles. The van der Waals surface area contributed by atoms with E-state index in [1.54, 1.807) is 11.3 Å². The molecule has 1 rings (SSSR count). The van der Waals surface area contributed by atoms with Crippen molar-refractivity contribution in [3.05, 3.63) is 28.5 Å². The minimum atomic E-state index is 0.629. The van der Waals surface area contributed by atoms with E-state index in [9.17, 15) is 0 Å². The minimum absolute atomic E-state index is 0.629. The van der Waals surface area contributed by atoms with Gasteiger partial charge in [0.1, 0.15) is 0 Å². The highest BCUT2D eigenvalue weighted by atomic mass is 32.1. The zero-order valence-electron chi connectivity index (χ0n) is 6.00. The van der Waals surface area contributed by atoms with Crippen LogP contribution in [0.25, 0.3) is 5.57 Å².